The highest BCUT2D eigenvalue weighted by atomic mass is 32.2. The lowest BCUT2D eigenvalue weighted by Gasteiger charge is -2.09. The van der Waals surface area contributed by atoms with Crippen LogP contribution in [0.3, 0.4) is 0 Å². The topological polar surface area (TPSA) is 88.3 Å². The van der Waals surface area contributed by atoms with E-state index in [1.807, 2.05) is 5.43 Å². The molecule has 0 aliphatic heterocycles. The van der Waals surface area contributed by atoms with Crippen LogP contribution >= 0.6 is 11.8 Å². The van der Waals surface area contributed by atoms with Crippen LogP contribution in [0, 0.1) is 0 Å². The third kappa shape index (κ3) is 4.34. The number of hydrogen-bond acceptors (Lipinski definition) is 5. The smallest absolute Gasteiger partial charge is 0.283 e. The number of amides is 2. The van der Waals surface area contributed by atoms with Gasteiger partial charge in [0.2, 0.25) is 5.91 Å². The average Bonchev–Trinajstić information content (AvgIpc) is 2.37. The van der Waals surface area contributed by atoms with Crippen molar-refractivity contribution in [1.82, 2.24) is 15.3 Å². The summed E-state index contributed by atoms with van der Waals surface area (Å²) in [7, 11) is 3.43. The molecule has 0 aliphatic rings. The number of nitrogens with two attached hydrogens (primary N) is 1. The molecule has 98 valence electrons. The van der Waals surface area contributed by atoms with Crippen molar-refractivity contribution in [2.75, 3.05) is 19.8 Å². The molecule has 0 saturated carbocycles. The minimum absolute atomic E-state index is 0.0517. The number of rotatable bonds is 5. The Hall–Kier alpha value is -1.60. The van der Waals surface area contributed by atoms with Crippen molar-refractivity contribution in [3.05, 3.63) is 29.6 Å². The molecule has 3 N–H and O–H groups in total. The van der Waals surface area contributed by atoms with Gasteiger partial charge in [0.15, 0.2) is 0 Å². The monoisotopic (exact) mass is 268 g/mol. The van der Waals surface area contributed by atoms with Crippen LogP contribution in [0.2, 0.25) is 0 Å². The lowest BCUT2D eigenvalue weighted by atomic mass is 10.3. The molecule has 0 bridgehead atoms. The zero-order valence-electron chi connectivity index (χ0n) is 10.3. The van der Waals surface area contributed by atoms with Crippen molar-refractivity contribution in [1.29, 1.82) is 0 Å². The van der Waals surface area contributed by atoms with Gasteiger partial charge in [-0.2, -0.15) is 0 Å². The Morgan fingerprint density at radius 2 is 2.17 bits per heavy atom. The highest BCUT2D eigenvalue weighted by molar-refractivity contribution is 7.99. The predicted molar refractivity (Wildman–Crippen MR) is 70.7 cm³/mol. The van der Waals surface area contributed by atoms with E-state index in [0.717, 1.165) is 5.69 Å². The molecule has 6 nitrogen and oxygen atoms in total. The van der Waals surface area contributed by atoms with E-state index in [0.29, 0.717) is 11.5 Å². The fraction of sp³-hybridized carbons (Fsp3) is 0.364. The first-order valence-corrected chi connectivity index (χ1v) is 6.45. The van der Waals surface area contributed by atoms with Gasteiger partial charge in [0.1, 0.15) is 5.69 Å². The van der Waals surface area contributed by atoms with Gasteiger partial charge >= 0.3 is 0 Å². The van der Waals surface area contributed by atoms with Gasteiger partial charge in [0.25, 0.3) is 5.91 Å². The Balaban J connectivity index is 2.53. The largest absolute Gasteiger partial charge is 0.348 e. The number of hydrogen-bond donors (Lipinski definition) is 2. The van der Waals surface area contributed by atoms with Crippen LogP contribution in [0.25, 0.3) is 0 Å². The Kier molecular flexibility index (Phi) is 5.60. The van der Waals surface area contributed by atoms with Crippen molar-refractivity contribution < 1.29 is 9.59 Å². The molecular weight excluding hydrogens is 252 g/mol. The van der Waals surface area contributed by atoms with Crippen LogP contribution in [0.1, 0.15) is 16.2 Å². The van der Waals surface area contributed by atoms with Crippen molar-refractivity contribution >= 4 is 23.6 Å². The van der Waals surface area contributed by atoms with Gasteiger partial charge in [-0.1, -0.05) is 6.07 Å². The summed E-state index contributed by atoms with van der Waals surface area (Å²) in [4.78, 5) is 28.3. The number of carbonyl (C=O) groups is 2. The Morgan fingerprint density at radius 3 is 2.78 bits per heavy atom. The molecule has 0 radical (unpaired) electrons. The van der Waals surface area contributed by atoms with Gasteiger partial charge in [-0.3, -0.25) is 15.0 Å². The summed E-state index contributed by atoms with van der Waals surface area (Å²) in [5, 5.41) is 0. The minimum atomic E-state index is -0.425. The maximum Gasteiger partial charge on any atom is 0.283 e. The van der Waals surface area contributed by atoms with E-state index < -0.39 is 5.91 Å². The maximum absolute atomic E-state index is 11.4. The molecule has 0 spiro atoms. The quantitative estimate of drug-likeness (QED) is 0.446. The fourth-order valence-corrected chi connectivity index (χ4v) is 2.04. The van der Waals surface area contributed by atoms with E-state index in [1.54, 1.807) is 37.2 Å². The number of carbonyl (C=O) groups excluding carboxylic acids is 2. The summed E-state index contributed by atoms with van der Waals surface area (Å²) in [6, 6.07) is 5.13. The van der Waals surface area contributed by atoms with Gasteiger partial charge in [-0.05, 0) is 12.1 Å². The molecule has 2 amide bonds. The first kappa shape index (κ1) is 14.5. The van der Waals surface area contributed by atoms with Crippen LogP contribution in [-0.2, 0) is 10.5 Å². The Labute approximate surface area is 110 Å². The van der Waals surface area contributed by atoms with Gasteiger partial charge in [-0.25, -0.2) is 10.8 Å². The van der Waals surface area contributed by atoms with E-state index in [1.165, 1.54) is 11.8 Å². The van der Waals surface area contributed by atoms with Crippen molar-refractivity contribution in [3.63, 3.8) is 0 Å². The number of hydrazine groups is 1. The molecule has 1 aromatic heterocycles. The van der Waals surface area contributed by atoms with E-state index in [4.69, 9.17) is 5.84 Å². The molecule has 1 rings (SSSR count). The third-order valence-electron chi connectivity index (χ3n) is 2.14. The van der Waals surface area contributed by atoms with E-state index in [-0.39, 0.29) is 11.6 Å². The molecule has 0 aromatic carbocycles. The molecule has 1 heterocycles. The second-order valence-electron chi connectivity index (χ2n) is 3.77. The lowest BCUT2D eigenvalue weighted by molar-refractivity contribution is -0.125. The van der Waals surface area contributed by atoms with Gasteiger partial charge < -0.3 is 4.90 Å². The average molecular weight is 268 g/mol. The summed E-state index contributed by atoms with van der Waals surface area (Å²) in [6.07, 6.45) is 0. The number of pyridine rings is 1. The zero-order chi connectivity index (χ0) is 13.5. The van der Waals surface area contributed by atoms with Crippen molar-refractivity contribution in [3.8, 4) is 0 Å². The molecule has 7 heteroatoms. The Bertz CT molecular complexity index is 437. The van der Waals surface area contributed by atoms with Gasteiger partial charge in [0.05, 0.1) is 11.4 Å². The van der Waals surface area contributed by atoms with E-state index in [9.17, 15) is 9.59 Å². The molecular formula is C11H16N4O2S. The molecule has 1 aromatic rings. The number of nitrogens with one attached hydrogen (secondary N) is 1. The summed E-state index contributed by atoms with van der Waals surface area (Å²) in [6.45, 7) is 0. The minimum Gasteiger partial charge on any atom is -0.348 e. The highest BCUT2D eigenvalue weighted by Gasteiger charge is 2.07. The zero-order valence-corrected chi connectivity index (χ0v) is 11.2. The molecule has 0 unspecified atom stereocenters. The SMILES string of the molecule is CN(C)C(=O)CSCc1cccc(C(=O)NN)n1. The summed E-state index contributed by atoms with van der Waals surface area (Å²) in [5.74, 6) is 5.62. The third-order valence-corrected chi connectivity index (χ3v) is 3.10. The number of nitrogens with zero attached hydrogens (tertiary/aromatic N) is 2. The second-order valence-corrected chi connectivity index (χ2v) is 4.75. The molecule has 0 aliphatic carbocycles. The maximum atomic E-state index is 11.4. The van der Waals surface area contributed by atoms with Gasteiger partial charge in [0, 0.05) is 19.8 Å². The second kappa shape index (κ2) is 6.97. The van der Waals surface area contributed by atoms with Crippen LogP contribution in [0.5, 0.6) is 0 Å². The fourth-order valence-electron chi connectivity index (χ4n) is 1.13. The summed E-state index contributed by atoms with van der Waals surface area (Å²) < 4.78 is 0. The first-order chi connectivity index (χ1) is 8.54. The van der Waals surface area contributed by atoms with Crippen LogP contribution in [0.15, 0.2) is 18.2 Å². The molecule has 0 saturated heterocycles. The normalized spacial score (nSPS) is 9.94. The molecule has 18 heavy (non-hydrogen) atoms. The van der Waals surface area contributed by atoms with E-state index >= 15 is 0 Å². The van der Waals surface area contributed by atoms with Crippen LogP contribution < -0.4 is 11.3 Å². The number of thioether (sulfide) groups is 1. The predicted octanol–water partition coefficient (Wildman–Crippen LogP) is 0.00650. The summed E-state index contributed by atoms with van der Waals surface area (Å²) >= 11 is 1.45. The van der Waals surface area contributed by atoms with Gasteiger partial charge in [-0.15, -0.1) is 11.8 Å². The molecule has 0 atom stereocenters. The first-order valence-electron chi connectivity index (χ1n) is 5.29. The summed E-state index contributed by atoms with van der Waals surface area (Å²) in [5.41, 5.74) is 3.04. The molecule has 0 fully saturated rings. The van der Waals surface area contributed by atoms with Crippen molar-refractivity contribution in [2.24, 2.45) is 5.84 Å². The number of nitrogen functional groups attached to an aromatic ring is 1. The highest BCUT2D eigenvalue weighted by Crippen LogP contribution is 2.11. The van der Waals surface area contributed by atoms with Crippen molar-refractivity contribution in [2.45, 2.75) is 5.75 Å². The standard InChI is InChI=1S/C11H16N4O2S/c1-15(2)10(16)7-18-6-8-4-3-5-9(13-8)11(17)14-12/h3-5H,6-7,12H2,1-2H3,(H,14,17). The number of aromatic nitrogens is 1. The van der Waals surface area contributed by atoms with E-state index in [2.05, 4.69) is 4.98 Å². The Morgan fingerprint density at radius 1 is 1.44 bits per heavy atom. The van der Waals surface area contributed by atoms with Crippen LogP contribution in [0.4, 0.5) is 0 Å². The lowest BCUT2D eigenvalue weighted by Crippen LogP contribution is -2.30. The van der Waals surface area contributed by atoms with Crippen LogP contribution in [-0.4, -0.2) is 41.5 Å².